The molecule has 0 atom stereocenters. The minimum Gasteiger partial charge on any atom is -0.352 e. The zero-order chi connectivity index (χ0) is 19.4. The third-order valence-corrected chi connectivity index (χ3v) is 4.08. The first-order chi connectivity index (χ1) is 12.9. The van der Waals surface area contributed by atoms with Crippen molar-refractivity contribution in [3.8, 4) is 0 Å². The molecule has 3 rings (SSSR count). The normalized spacial score (nSPS) is 10.9. The number of aryl methyl sites for hydroxylation is 1. The van der Waals surface area contributed by atoms with Crippen LogP contribution in [-0.4, -0.2) is 31.7 Å². The lowest BCUT2D eigenvalue weighted by Gasteiger charge is -2.11. The maximum atomic E-state index is 12.6. The fourth-order valence-electron chi connectivity index (χ4n) is 2.48. The van der Waals surface area contributed by atoms with Crippen LogP contribution in [0.4, 0.5) is 11.8 Å². The standard InChI is InChI=1S/C19H21ClN6O/c1-12(2)24-19-21-9-15(10-22-19)18(27)25-17-13(3)8-23-26(17)11-14-4-6-16(20)7-5-14/h4-10,12H,11H2,1-3H3,(H,25,27)(H,21,22,24). The van der Waals surface area contributed by atoms with Crippen LogP contribution >= 0.6 is 11.6 Å². The number of aromatic nitrogens is 4. The molecule has 0 aliphatic rings. The average Bonchev–Trinajstić information content (AvgIpc) is 2.97. The van der Waals surface area contributed by atoms with Crippen molar-refractivity contribution in [1.29, 1.82) is 0 Å². The number of carbonyl (C=O) groups excluding carboxylic acids is 1. The summed E-state index contributed by atoms with van der Waals surface area (Å²) < 4.78 is 1.74. The van der Waals surface area contributed by atoms with Gasteiger partial charge in [0.15, 0.2) is 0 Å². The Labute approximate surface area is 162 Å². The molecule has 1 amide bonds. The zero-order valence-corrected chi connectivity index (χ0v) is 16.2. The van der Waals surface area contributed by atoms with Gasteiger partial charge in [0.1, 0.15) is 5.82 Å². The Hall–Kier alpha value is -2.93. The van der Waals surface area contributed by atoms with Crippen molar-refractivity contribution in [3.63, 3.8) is 0 Å². The molecule has 8 heteroatoms. The van der Waals surface area contributed by atoms with Gasteiger partial charge in [-0.3, -0.25) is 4.79 Å². The van der Waals surface area contributed by atoms with E-state index in [1.807, 2.05) is 45.0 Å². The Morgan fingerprint density at radius 3 is 2.44 bits per heavy atom. The molecule has 0 unspecified atom stereocenters. The van der Waals surface area contributed by atoms with Crippen molar-refractivity contribution < 1.29 is 4.79 Å². The maximum absolute atomic E-state index is 12.6. The predicted octanol–water partition coefficient (Wildman–Crippen LogP) is 3.76. The molecule has 0 spiro atoms. The first kappa shape index (κ1) is 18.8. The van der Waals surface area contributed by atoms with Crippen molar-refractivity contribution in [3.05, 3.63) is 64.6 Å². The van der Waals surface area contributed by atoms with E-state index in [2.05, 4.69) is 25.7 Å². The number of benzene rings is 1. The van der Waals surface area contributed by atoms with Crippen LogP contribution in [0.5, 0.6) is 0 Å². The number of nitrogens with one attached hydrogen (secondary N) is 2. The summed E-state index contributed by atoms with van der Waals surface area (Å²) in [6, 6.07) is 7.73. The fourth-order valence-corrected chi connectivity index (χ4v) is 2.61. The molecule has 0 aliphatic carbocycles. The number of anilines is 2. The minimum atomic E-state index is -0.285. The van der Waals surface area contributed by atoms with Crippen molar-refractivity contribution in [2.45, 2.75) is 33.4 Å². The Morgan fingerprint density at radius 2 is 1.81 bits per heavy atom. The second kappa shape index (κ2) is 8.18. The van der Waals surface area contributed by atoms with Crippen LogP contribution in [0.2, 0.25) is 5.02 Å². The molecular formula is C19H21ClN6O. The molecule has 0 fully saturated rings. The van der Waals surface area contributed by atoms with Gasteiger partial charge in [-0.05, 0) is 38.5 Å². The second-order valence-electron chi connectivity index (χ2n) is 6.51. The summed E-state index contributed by atoms with van der Waals surface area (Å²) in [5.74, 6) is 0.844. The zero-order valence-electron chi connectivity index (χ0n) is 15.4. The van der Waals surface area contributed by atoms with Crippen molar-refractivity contribution in [1.82, 2.24) is 19.7 Å². The average molecular weight is 385 g/mol. The van der Waals surface area contributed by atoms with E-state index in [9.17, 15) is 4.79 Å². The topological polar surface area (TPSA) is 84.7 Å². The maximum Gasteiger partial charge on any atom is 0.259 e. The lowest BCUT2D eigenvalue weighted by atomic mass is 10.2. The van der Waals surface area contributed by atoms with E-state index in [0.29, 0.717) is 28.9 Å². The van der Waals surface area contributed by atoms with Gasteiger partial charge in [-0.15, -0.1) is 0 Å². The largest absolute Gasteiger partial charge is 0.352 e. The number of hydrogen-bond acceptors (Lipinski definition) is 5. The molecule has 0 saturated carbocycles. The number of hydrogen-bond donors (Lipinski definition) is 2. The lowest BCUT2D eigenvalue weighted by molar-refractivity contribution is 0.102. The molecule has 0 bridgehead atoms. The summed E-state index contributed by atoms with van der Waals surface area (Å²) in [5.41, 5.74) is 2.28. The third-order valence-electron chi connectivity index (χ3n) is 3.83. The van der Waals surface area contributed by atoms with Gasteiger partial charge in [-0.25, -0.2) is 14.6 Å². The van der Waals surface area contributed by atoms with Gasteiger partial charge in [0.05, 0.1) is 18.3 Å². The first-order valence-electron chi connectivity index (χ1n) is 8.59. The van der Waals surface area contributed by atoms with Crippen LogP contribution in [0.1, 0.15) is 35.3 Å². The number of carbonyl (C=O) groups is 1. The van der Waals surface area contributed by atoms with Crippen LogP contribution < -0.4 is 10.6 Å². The Morgan fingerprint density at radius 1 is 1.15 bits per heavy atom. The van der Waals surface area contributed by atoms with E-state index < -0.39 is 0 Å². The highest BCUT2D eigenvalue weighted by atomic mass is 35.5. The molecular weight excluding hydrogens is 364 g/mol. The summed E-state index contributed by atoms with van der Waals surface area (Å²) in [6.07, 6.45) is 4.72. The summed E-state index contributed by atoms with van der Waals surface area (Å²) in [4.78, 5) is 20.9. The second-order valence-corrected chi connectivity index (χ2v) is 6.95. The van der Waals surface area contributed by atoms with E-state index in [1.165, 1.54) is 12.4 Å². The Bertz CT molecular complexity index is 918. The van der Waals surface area contributed by atoms with Gasteiger partial charge < -0.3 is 10.6 Å². The van der Waals surface area contributed by atoms with Gasteiger partial charge in [-0.1, -0.05) is 23.7 Å². The molecule has 27 heavy (non-hydrogen) atoms. The smallest absolute Gasteiger partial charge is 0.259 e. The summed E-state index contributed by atoms with van der Waals surface area (Å²) >= 11 is 5.93. The summed E-state index contributed by atoms with van der Waals surface area (Å²) in [6.45, 7) is 6.41. The lowest BCUT2D eigenvalue weighted by Crippen LogP contribution is -2.18. The monoisotopic (exact) mass is 384 g/mol. The van der Waals surface area contributed by atoms with E-state index >= 15 is 0 Å². The quantitative estimate of drug-likeness (QED) is 0.676. The van der Waals surface area contributed by atoms with Crippen LogP contribution in [0.3, 0.4) is 0 Å². The molecule has 1 aromatic carbocycles. The molecule has 2 N–H and O–H groups in total. The summed E-state index contributed by atoms with van der Waals surface area (Å²) in [7, 11) is 0. The molecule has 0 radical (unpaired) electrons. The van der Waals surface area contributed by atoms with Crippen LogP contribution in [-0.2, 0) is 6.54 Å². The molecule has 7 nitrogen and oxygen atoms in total. The molecule has 3 aromatic rings. The fraction of sp³-hybridized carbons (Fsp3) is 0.263. The van der Waals surface area contributed by atoms with Crippen molar-refractivity contribution >= 4 is 29.3 Å². The predicted molar refractivity (Wildman–Crippen MR) is 106 cm³/mol. The van der Waals surface area contributed by atoms with E-state index in [-0.39, 0.29) is 11.9 Å². The van der Waals surface area contributed by atoms with Gasteiger partial charge in [0.2, 0.25) is 5.95 Å². The minimum absolute atomic E-state index is 0.217. The number of amides is 1. The molecule has 2 heterocycles. The first-order valence-corrected chi connectivity index (χ1v) is 8.97. The number of nitrogens with zero attached hydrogens (tertiary/aromatic N) is 4. The van der Waals surface area contributed by atoms with E-state index in [4.69, 9.17) is 11.6 Å². The molecule has 0 aliphatic heterocycles. The SMILES string of the molecule is Cc1cnn(Cc2ccc(Cl)cc2)c1NC(=O)c1cnc(NC(C)C)nc1. The summed E-state index contributed by atoms with van der Waals surface area (Å²) in [5, 5.41) is 11.0. The van der Waals surface area contributed by atoms with Crippen LogP contribution in [0.15, 0.2) is 42.9 Å². The van der Waals surface area contributed by atoms with Gasteiger partial charge in [-0.2, -0.15) is 5.10 Å². The van der Waals surface area contributed by atoms with Gasteiger partial charge in [0, 0.05) is 29.0 Å². The van der Waals surface area contributed by atoms with Gasteiger partial charge in [0.25, 0.3) is 5.91 Å². The third kappa shape index (κ3) is 4.83. The molecule has 0 saturated heterocycles. The van der Waals surface area contributed by atoms with Crippen LogP contribution in [0, 0.1) is 6.92 Å². The van der Waals surface area contributed by atoms with E-state index in [1.54, 1.807) is 10.9 Å². The van der Waals surface area contributed by atoms with Crippen molar-refractivity contribution in [2.75, 3.05) is 10.6 Å². The number of rotatable bonds is 6. The van der Waals surface area contributed by atoms with E-state index in [0.717, 1.165) is 11.1 Å². The van der Waals surface area contributed by atoms with Crippen LogP contribution in [0.25, 0.3) is 0 Å². The highest BCUT2D eigenvalue weighted by Crippen LogP contribution is 2.18. The Kier molecular flexibility index (Phi) is 5.71. The highest BCUT2D eigenvalue weighted by molar-refractivity contribution is 6.30. The highest BCUT2D eigenvalue weighted by Gasteiger charge is 2.14. The molecule has 140 valence electrons. The van der Waals surface area contributed by atoms with Crippen molar-refractivity contribution in [2.24, 2.45) is 0 Å². The number of halogens is 1. The van der Waals surface area contributed by atoms with Gasteiger partial charge >= 0.3 is 0 Å². The molecule has 2 aromatic heterocycles. The Balaban J connectivity index is 1.74.